The minimum atomic E-state index is -0.958. The smallest absolute Gasteiger partial charge is 0.335 e. The summed E-state index contributed by atoms with van der Waals surface area (Å²) in [5.41, 5.74) is 17.0. The predicted octanol–water partition coefficient (Wildman–Crippen LogP) is 9.47. The Bertz CT molecular complexity index is 3110. The first-order valence-corrected chi connectivity index (χ1v) is 26.3. The number of hydrogen-bond acceptors (Lipinski definition) is 17. The zero-order valence-corrected chi connectivity index (χ0v) is 43.9. The van der Waals surface area contributed by atoms with Crippen molar-refractivity contribution in [2.45, 2.75) is 51.6 Å². The number of amides is 1. The number of thiazole rings is 2. The Balaban J connectivity index is 0.000000177. The molecule has 2 aliphatic rings. The van der Waals surface area contributed by atoms with Gasteiger partial charge in [0.25, 0.3) is 5.91 Å². The minimum Gasteiger partial charge on any atom is -0.478 e. The molecule has 0 aliphatic carbocycles. The van der Waals surface area contributed by atoms with Crippen molar-refractivity contribution in [3.63, 3.8) is 0 Å². The number of carboxylic acid groups (broad SMARTS) is 1. The molecule has 17 nitrogen and oxygen atoms in total. The third kappa shape index (κ3) is 13.5. The first-order valence-electron chi connectivity index (χ1n) is 24.5. The Hall–Kier alpha value is -7.16. The van der Waals surface area contributed by atoms with Crippen LogP contribution in [0.4, 0.5) is 34.4 Å². The van der Waals surface area contributed by atoms with E-state index in [9.17, 15) is 9.59 Å². The monoisotopic (exact) mass is 1020 g/mol. The number of aromatic nitrogens is 6. The average Bonchev–Trinajstić information content (AvgIpc) is 4.23. The van der Waals surface area contributed by atoms with Crippen molar-refractivity contribution in [2.24, 2.45) is 5.73 Å². The Labute approximate surface area is 434 Å². The van der Waals surface area contributed by atoms with Gasteiger partial charge in [-0.25, -0.2) is 34.7 Å². The number of nitrogens with one attached hydrogen (secondary N) is 3. The minimum absolute atomic E-state index is 0.0863. The number of nitrogens with zero attached hydrogens (tertiary/aromatic N) is 10. The van der Waals surface area contributed by atoms with E-state index < -0.39 is 5.97 Å². The zero-order chi connectivity index (χ0) is 51.4. The van der Waals surface area contributed by atoms with E-state index in [1.54, 1.807) is 35.3 Å². The summed E-state index contributed by atoms with van der Waals surface area (Å²) in [5, 5.41) is 19.0. The van der Waals surface area contributed by atoms with Gasteiger partial charge in [-0.1, -0.05) is 36.4 Å². The van der Waals surface area contributed by atoms with Crippen molar-refractivity contribution >= 4 is 89.6 Å². The number of rotatable bonds is 15. The maximum Gasteiger partial charge on any atom is 0.335 e. The van der Waals surface area contributed by atoms with Crippen molar-refractivity contribution in [3.05, 3.63) is 119 Å². The summed E-state index contributed by atoms with van der Waals surface area (Å²) in [7, 11) is 7.98. The van der Waals surface area contributed by atoms with Gasteiger partial charge in [0.1, 0.15) is 20.7 Å². The molecule has 10 rings (SSSR count). The maximum absolute atomic E-state index is 12.4. The van der Waals surface area contributed by atoms with Gasteiger partial charge in [-0.05, 0) is 128 Å². The van der Waals surface area contributed by atoms with Gasteiger partial charge in [-0.3, -0.25) is 4.79 Å². The fourth-order valence-corrected chi connectivity index (χ4v) is 9.99. The van der Waals surface area contributed by atoms with Crippen LogP contribution in [0.1, 0.15) is 60.2 Å². The zero-order valence-electron chi connectivity index (χ0n) is 42.2. The van der Waals surface area contributed by atoms with Gasteiger partial charge in [0.05, 0.1) is 16.6 Å². The van der Waals surface area contributed by atoms with E-state index in [0.29, 0.717) is 47.5 Å². The lowest BCUT2D eigenvalue weighted by Gasteiger charge is -2.24. The number of carbonyl (C=O) groups excluding carboxylic acids is 1. The van der Waals surface area contributed by atoms with Crippen LogP contribution in [0.3, 0.4) is 0 Å². The number of carbonyl (C=O) groups is 2. The molecule has 2 saturated heterocycles. The molecule has 1 amide bonds. The standard InChI is InChI=1S/C27H31N7OS.C23H21N5O2S.C4H12N2/c1-18-6-5-14-34(18)22-8-4-7-21(16-22)30-25-23-27(36-17-29-23)32-24(31-25)19-9-11-20(12-10-19)26(35)28-13-15-33(2)3;1-14-4-3-11-28(14)18-6-2-5-17(12-18)25-21-19-22(31-13-24-19)27-20(26-21)15-7-9-16(10-8-15)23(29)30;1-6(2)4-3-5/h4,7-12,16-18H,5-6,13-15H2,1-3H3,(H,28,35)(H,30,31,32);2,5-10,12-14H,3-4,11H2,1H3,(H,29,30)(H,25,26,27);3-5H2,1-2H3/t18-;14-;/m00./s1. The number of hydrogen-bond donors (Lipinski definition) is 5. The van der Waals surface area contributed by atoms with E-state index in [0.717, 1.165) is 75.9 Å². The highest BCUT2D eigenvalue weighted by Gasteiger charge is 2.23. The molecule has 2 fully saturated rings. The lowest BCUT2D eigenvalue weighted by Crippen LogP contribution is -2.31. The van der Waals surface area contributed by atoms with Crippen molar-refractivity contribution in [1.82, 2.24) is 45.0 Å². The topological polar surface area (TPSA) is 207 Å². The van der Waals surface area contributed by atoms with Gasteiger partial charge >= 0.3 is 5.97 Å². The Morgan fingerprint density at radius 2 is 1.12 bits per heavy atom. The SMILES string of the molecule is CN(C)CCN.C[C@H]1CCCN1c1cccc(Nc2nc(-c3ccc(C(=O)NCCN(C)C)cc3)nc3scnc23)c1.C[C@H]1CCCN1c1cccc(Nc2nc(-c3ccc(C(=O)O)cc3)nc3scnc23)c1. The maximum atomic E-state index is 12.4. The highest BCUT2D eigenvalue weighted by atomic mass is 32.1. The van der Waals surface area contributed by atoms with Crippen LogP contribution in [-0.2, 0) is 0 Å². The summed E-state index contributed by atoms with van der Waals surface area (Å²) in [6, 6.07) is 31.9. The highest BCUT2D eigenvalue weighted by Crippen LogP contribution is 2.34. The summed E-state index contributed by atoms with van der Waals surface area (Å²) in [4.78, 5) is 62.0. The molecule has 0 radical (unpaired) electrons. The Morgan fingerprint density at radius 1 is 0.658 bits per heavy atom. The molecule has 6 N–H and O–H groups in total. The summed E-state index contributed by atoms with van der Waals surface area (Å²) < 4.78 is 0. The van der Waals surface area contributed by atoms with Gasteiger partial charge in [0.15, 0.2) is 23.3 Å². The molecule has 8 aromatic rings. The van der Waals surface area contributed by atoms with Crippen LogP contribution < -0.4 is 31.5 Å². The molecule has 380 valence electrons. The van der Waals surface area contributed by atoms with Crippen LogP contribution >= 0.6 is 22.7 Å². The van der Waals surface area contributed by atoms with E-state index in [2.05, 4.69) is 89.8 Å². The fourth-order valence-electron chi connectivity index (χ4n) is 8.67. The Kier molecular flexibility index (Phi) is 17.5. The normalized spacial score (nSPS) is 15.3. The number of benzene rings is 4. The number of anilines is 6. The average molecular weight is 1020 g/mol. The summed E-state index contributed by atoms with van der Waals surface area (Å²) in [6.45, 7) is 9.84. The van der Waals surface area contributed by atoms with Crippen molar-refractivity contribution in [1.29, 1.82) is 0 Å². The largest absolute Gasteiger partial charge is 0.478 e. The number of aromatic carboxylic acids is 1. The number of likely N-dealkylation sites (N-methyl/N-ethyl adjacent to an activating group) is 2. The van der Waals surface area contributed by atoms with Crippen molar-refractivity contribution in [2.75, 3.05) is 87.9 Å². The molecule has 0 bridgehead atoms. The Morgan fingerprint density at radius 3 is 1.52 bits per heavy atom. The van der Waals surface area contributed by atoms with Crippen molar-refractivity contribution in [3.8, 4) is 22.8 Å². The molecule has 2 atom stereocenters. The van der Waals surface area contributed by atoms with Crippen LogP contribution in [0.2, 0.25) is 0 Å². The molecular formula is C54H64N14O3S2. The van der Waals surface area contributed by atoms with Gasteiger partial charge in [-0.2, -0.15) is 0 Å². The molecular weight excluding hydrogens is 957 g/mol. The second-order valence-corrected chi connectivity index (χ2v) is 20.3. The lowest BCUT2D eigenvalue weighted by atomic mass is 10.1. The number of fused-ring (bicyclic) bond motifs is 2. The van der Waals surface area contributed by atoms with E-state index in [1.165, 1.54) is 59.7 Å². The van der Waals surface area contributed by atoms with Crippen LogP contribution in [0.5, 0.6) is 0 Å². The van der Waals surface area contributed by atoms with E-state index in [-0.39, 0.29) is 11.5 Å². The third-order valence-corrected chi connectivity index (χ3v) is 14.0. The van der Waals surface area contributed by atoms with E-state index >= 15 is 0 Å². The second-order valence-electron chi connectivity index (χ2n) is 18.6. The molecule has 2 aliphatic heterocycles. The molecule has 6 heterocycles. The predicted molar refractivity (Wildman–Crippen MR) is 298 cm³/mol. The van der Waals surface area contributed by atoms with E-state index in [4.69, 9.17) is 25.8 Å². The number of carboxylic acids is 1. The van der Waals surface area contributed by atoms with Gasteiger partial charge in [0, 0.05) is 90.8 Å². The van der Waals surface area contributed by atoms with Gasteiger partial charge in [0.2, 0.25) is 0 Å². The van der Waals surface area contributed by atoms with Crippen LogP contribution in [0, 0.1) is 0 Å². The van der Waals surface area contributed by atoms with Crippen molar-refractivity contribution < 1.29 is 14.7 Å². The third-order valence-electron chi connectivity index (χ3n) is 12.6. The second kappa shape index (κ2) is 24.5. The molecule has 4 aromatic heterocycles. The molecule has 0 saturated carbocycles. The molecule has 19 heteroatoms. The van der Waals surface area contributed by atoms with Gasteiger partial charge < -0.3 is 46.4 Å². The first kappa shape index (κ1) is 52.2. The molecule has 4 aromatic carbocycles. The quantitative estimate of drug-likeness (QED) is 0.0648. The van der Waals surface area contributed by atoms with Gasteiger partial charge in [-0.15, -0.1) is 22.7 Å². The van der Waals surface area contributed by atoms with Crippen LogP contribution in [0.25, 0.3) is 43.5 Å². The fraction of sp³-hybridized carbons (Fsp3) is 0.333. The highest BCUT2D eigenvalue weighted by molar-refractivity contribution is 7.16. The van der Waals surface area contributed by atoms with Crippen LogP contribution in [0.15, 0.2) is 108 Å². The number of nitrogens with two attached hydrogens (primary N) is 1. The molecule has 0 spiro atoms. The molecule has 73 heavy (non-hydrogen) atoms. The summed E-state index contributed by atoms with van der Waals surface area (Å²) in [5.74, 6) is 1.39. The van der Waals surface area contributed by atoms with Crippen LogP contribution in [-0.4, -0.2) is 136 Å². The summed E-state index contributed by atoms with van der Waals surface area (Å²) in [6.07, 6.45) is 4.88. The summed E-state index contributed by atoms with van der Waals surface area (Å²) >= 11 is 2.93. The lowest BCUT2D eigenvalue weighted by molar-refractivity contribution is 0.0696. The first-order chi connectivity index (χ1) is 35.3. The van der Waals surface area contributed by atoms with E-state index in [1.807, 2.05) is 75.6 Å². The molecule has 0 unspecified atom stereocenters.